The fourth-order valence-corrected chi connectivity index (χ4v) is 0.801. The van der Waals surface area contributed by atoms with Crippen molar-refractivity contribution in [2.24, 2.45) is 0 Å². The normalized spacial score (nSPS) is 14.8. The molecule has 1 heteroatoms. The molecule has 0 aliphatic heterocycles. The van der Waals surface area contributed by atoms with Gasteiger partial charge in [-0.1, -0.05) is 19.4 Å². The molecular formula is C10H17F. The molecule has 0 aromatic rings. The van der Waals surface area contributed by atoms with Gasteiger partial charge < -0.3 is 0 Å². The molecule has 0 N–H and O–H groups in total. The summed E-state index contributed by atoms with van der Waals surface area (Å²) in [6.07, 6.45) is 3.31. The second-order valence-corrected chi connectivity index (χ2v) is 2.72. The molecule has 0 aromatic carbocycles. The highest BCUT2D eigenvalue weighted by Gasteiger charge is 1.99. The van der Waals surface area contributed by atoms with Crippen LogP contribution in [0.2, 0.25) is 0 Å². The molecule has 0 spiro atoms. The summed E-state index contributed by atoms with van der Waals surface area (Å²) in [5.41, 5.74) is 1.93. The lowest BCUT2D eigenvalue weighted by atomic mass is 10.1. The predicted molar refractivity (Wildman–Crippen MR) is 48.1 cm³/mol. The highest BCUT2D eigenvalue weighted by molar-refractivity contribution is 5.27. The van der Waals surface area contributed by atoms with E-state index in [0.717, 1.165) is 24.0 Å². The van der Waals surface area contributed by atoms with Crippen LogP contribution in [0.15, 0.2) is 23.0 Å². The van der Waals surface area contributed by atoms with Crippen LogP contribution in [0.3, 0.4) is 0 Å². The molecule has 11 heavy (non-hydrogen) atoms. The maximum Gasteiger partial charge on any atom is 0.122 e. The second-order valence-electron chi connectivity index (χ2n) is 2.72. The topological polar surface area (TPSA) is 0 Å². The summed E-state index contributed by atoms with van der Waals surface area (Å²) < 4.78 is 13.0. The Balaban J connectivity index is 4.46. The fourth-order valence-electron chi connectivity index (χ4n) is 0.801. The van der Waals surface area contributed by atoms with Gasteiger partial charge in [-0.15, -0.1) is 0 Å². The highest BCUT2D eigenvalue weighted by atomic mass is 19.1. The minimum absolute atomic E-state index is 0.0631. The van der Waals surface area contributed by atoms with Crippen molar-refractivity contribution in [3.63, 3.8) is 0 Å². The van der Waals surface area contributed by atoms with Crippen molar-refractivity contribution in [1.29, 1.82) is 0 Å². The van der Waals surface area contributed by atoms with Gasteiger partial charge in [0.2, 0.25) is 0 Å². The molecule has 0 rings (SSSR count). The molecule has 0 heterocycles. The maximum absolute atomic E-state index is 13.0. The van der Waals surface area contributed by atoms with E-state index in [1.807, 2.05) is 27.7 Å². The van der Waals surface area contributed by atoms with Gasteiger partial charge in [0.05, 0.1) is 0 Å². The number of halogens is 1. The van der Waals surface area contributed by atoms with Crippen LogP contribution >= 0.6 is 0 Å². The molecule has 0 atom stereocenters. The molecule has 0 aliphatic carbocycles. The van der Waals surface area contributed by atoms with Gasteiger partial charge in [0, 0.05) is 0 Å². The van der Waals surface area contributed by atoms with E-state index in [4.69, 9.17) is 0 Å². The first-order valence-electron chi connectivity index (χ1n) is 4.15. The van der Waals surface area contributed by atoms with E-state index in [1.165, 1.54) is 0 Å². The van der Waals surface area contributed by atoms with Crippen LogP contribution in [0, 0.1) is 0 Å². The summed E-state index contributed by atoms with van der Waals surface area (Å²) in [6.45, 7) is 7.78. The van der Waals surface area contributed by atoms with Gasteiger partial charge in [0.1, 0.15) is 5.83 Å². The Morgan fingerprint density at radius 1 is 1.27 bits per heavy atom. The van der Waals surface area contributed by atoms with E-state index in [-0.39, 0.29) is 5.83 Å². The third kappa shape index (κ3) is 3.35. The first-order chi connectivity index (χ1) is 5.13. The first kappa shape index (κ1) is 10.4. The van der Waals surface area contributed by atoms with E-state index < -0.39 is 0 Å². The van der Waals surface area contributed by atoms with Crippen molar-refractivity contribution >= 4 is 0 Å². The highest BCUT2D eigenvalue weighted by Crippen LogP contribution is 2.17. The van der Waals surface area contributed by atoms with Crippen molar-refractivity contribution in [1.82, 2.24) is 0 Å². The lowest BCUT2D eigenvalue weighted by molar-refractivity contribution is 0.641. The number of rotatable bonds is 3. The van der Waals surface area contributed by atoms with Crippen LogP contribution in [0.5, 0.6) is 0 Å². The van der Waals surface area contributed by atoms with Crippen LogP contribution in [-0.4, -0.2) is 0 Å². The van der Waals surface area contributed by atoms with E-state index in [1.54, 1.807) is 6.08 Å². The van der Waals surface area contributed by atoms with E-state index in [2.05, 4.69) is 0 Å². The lowest BCUT2D eigenvalue weighted by Crippen LogP contribution is -1.83. The quantitative estimate of drug-likeness (QED) is 0.542. The maximum atomic E-state index is 13.0. The minimum Gasteiger partial charge on any atom is -0.207 e. The molecule has 0 aliphatic rings. The lowest BCUT2D eigenvalue weighted by Gasteiger charge is -2.01. The summed E-state index contributed by atoms with van der Waals surface area (Å²) >= 11 is 0. The zero-order valence-corrected chi connectivity index (χ0v) is 7.87. The van der Waals surface area contributed by atoms with Crippen molar-refractivity contribution in [3.05, 3.63) is 23.0 Å². The molecule has 0 radical (unpaired) electrons. The van der Waals surface area contributed by atoms with E-state index >= 15 is 0 Å². The molecular weight excluding hydrogens is 139 g/mol. The zero-order valence-electron chi connectivity index (χ0n) is 7.87. The Morgan fingerprint density at radius 3 is 2.18 bits per heavy atom. The van der Waals surface area contributed by atoms with Gasteiger partial charge in [0.25, 0.3) is 0 Å². The summed E-state index contributed by atoms with van der Waals surface area (Å²) in [5, 5.41) is 0. The number of allylic oxidation sites excluding steroid dienone is 4. The molecule has 0 nitrogen and oxygen atoms in total. The van der Waals surface area contributed by atoms with Gasteiger partial charge in [-0.2, -0.15) is 0 Å². The summed E-state index contributed by atoms with van der Waals surface area (Å²) in [6, 6.07) is 0. The van der Waals surface area contributed by atoms with Crippen LogP contribution < -0.4 is 0 Å². The molecule has 0 bridgehead atoms. The van der Waals surface area contributed by atoms with Crippen molar-refractivity contribution in [3.8, 4) is 0 Å². The standard InChI is InChI=1S/C10H17F/c1-5-7-10(11)9(4)8(3)6-2/h7H,5-6H2,1-4H3/b9-8-,10-7+. The Bertz CT molecular complexity index is 175. The minimum atomic E-state index is -0.0631. The van der Waals surface area contributed by atoms with Crippen molar-refractivity contribution in [2.45, 2.75) is 40.5 Å². The van der Waals surface area contributed by atoms with Gasteiger partial charge >= 0.3 is 0 Å². The SMILES string of the molecule is CC/C=C(F)\C(C)=C(\C)CC. The Hall–Kier alpha value is -0.590. The van der Waals surface area contributed by atoms with Gasteiger partial charge in [-0.05, 0) is 38.3 Å². The van der Waals surface area contributed by atoms with Crippen molar-refractivity contribution in [2.75, 3.05) is 0 Å². The molecule has 0 amide bonds. The molecule has 0 aromatic heterocycles. The number of hydrogen-bond donors (Lipinski definition) is 0. The van der Waals surface area contributed by atoms with Crippen LogP contribution in [0.4, 0.5) is 4.39 Å². The molecule has 0 saturated carbocycles. The number of hydrogen-bond acceptors (Lipinski definition) is 0. The van der Waals surface area contributed by atoms with E-state index in [9.17, 15) is 4.39 Å². The smallest absolute Gasteiger partial charge is 0.122 e. The van der Waals surface area contributed by atoms with Crippen LogP contribution in [-0.2, 0) is 0 Å². The van der Waals surface area contributed by atoms with Crippen LogP contribution in [0.25, 0.3) is 0 Å². The molecule has 0 unspecified atom stereocenters. The molecule has 0 saturated heterocycles. The summed E-state index contributed by atoms with van der Waals surface area (Å²) in [5.74, 6) is -0.0631. The average molecular weight is 156 g/mol. The monoisotopic (exact) mass is 156 g/mol. The Morgan fingerprint density at radius 2 is 1.82 bits per heavy atom. The van der Waals surface area contributed by atoms with Gasteiger partial charge in [-0.25, -0.2) is 4.39 Å². The van der Waals surface area contributed by atoms with E-state index in [0.29, 0.717) is 0 Å². The van der Waals surface area contributed by atoms with Crippen molar-refractivity contribution < 1.29 is 4.39 Å². The third-order valence-electron chi connectivity index (χ3n) is 1.91. The molecule has 0 fully saturated rings. The fraction of sp³-hybridized carbons (Fsp3) is 0.600. The summed E-state index contributed by atoms with van der Waals surface area (Å²) in [7, 11) is 0. The van der Waals surface area contributed by atoms with Crippen LogP contribution in [0.1, 0.15) is 40.5 Å². The van der Waals surface area contributed by atoms with Gasteiger partial charge in [-0.3, -0.25) is 0 Å². The zero-order chi connectivity index (χ0) is 8.85. The largest absolute Gasteiger partial charge is 0.207 e. The van der Waals surface area contributed by atoms with Gasteiger partial charge in [0.15, 0.2) is 0 Å². The second kappa shape index (κ2) is 5.11. The first-order valence-corrected chi connectivity index (χ1v) is 4.15. The predicted octanol–water partition coefficient (Wildman–Crippen LogP) is 4.00. The third-order valence-corrected chi connectivity index (χ3v) is 1.91. The molecule has 64 valence electrons. The average Bonchev–Trinajstić information content (AvgIpc) is 2.02. The summed E-state index contributed by atoms with van der Waals surface area (Å²) in [4.78, 5) is 0. The Kier molecular flexibility index (Phi) is 4.84. The Labute approximate surface area is 68.8 Å².